The first-order valence-corrected chi connectivity index (χ1v) is 7.04. The van der Waals surface area contributed by atoms with Gasteiger partial charge in [-0.25, -0.2) is 9.18 Å². The highest BCUT2D eigenvalue weighted by atomic mass is 19.1. The Morgan fingerprint density at radius 2 is 1.78 bits per heavy atom. The molecule has 0 saturated heterocycles. The normalized spacial score (nSPS) is 10.0. The largest absolute Gasteiger partial charge is 0.484 e. The molecule has 0 saturated carbocycles. The van der Waals surface area contributed by atoms with Crippen LogP contribution in [0.25, 0.3) is 0 Å². The van der Waals surface area contributed by atoms with Gasteiger partial charge in [0.1, 0.15) is 11.6 Å². The van der Waals surface area contributed by atoms with Gasteiger partial charge in [0.2, 0.25) is 0 Å². The number of benzene rings is 2. The van der Waals surface area contributed by atoms with Crippen LogP contribution >= 0.6 is 0 Å². The molecule has 2 rings (SSSR count). The topological polar surface area (TPSA) is 64.6 Å². The van der Waals surface area contributed by atoms with E-state index in [4.69, 9.17) is 9.47 Å². The van der Waals surface area contributed by atoms with Crippen molar-refractivity contribution in [3.8, 4) is 5.75 Å². The van der Waals surface area contributed by atoms with E-state index >= 15 is 0 Å². The molecule has 0 aliphatic heterocycles. The lowest BCUT2D eigenvalue weighted by Crippen LogP contribution is -2.20. The summed E-state index contributed by atoms with van der Waals surface area (Å²) in [4.78, 5) is 23.2. The van der Waals surface area contributed by atoms with Gasteiger partial charge in [-0.05, 0) is 43.3 Å². The molecular weight excluding hydrogens is 301 g/mol. The lowest BCUT2D eigenvalue weighted by atomic mass is 10.2. The molecule has 0 aliphatic carbocycles. The van der Waals surface area contributed by atoms with Crippen LogP contribution in [0, 0.1) is 5.82 Å². The standard InChI is InChI=1S/C17H16FNO4/c1-2-22-17(21)12-7-9-13(10-8-12)23-11-16(20)19-15-6-4-3-5-14(15)18/h3-10H,2,11H2,1H3,(H,19,20). The van der Waals surface area contributed by atoms with Crippen LogP contribution in [0.15, 0.2) is 48.5 Å². The third kappa shape index (κ3) is 4.81. The third-order valence-electron chi connectivity index (χ3n) is 2.88. The van der Waals surface area contributed by atoms with Gasteiger partial charge in [-0.3, -0.25) is 4.79 Å². The van der Waals surface area contributed by atoms with E-state index in [1.807, 2.05) is 0 Å². The molecule has 0 aromatic heterocycles. The molecule has 2 aromatic carbocycles. The first-order valence-electron chi connectivity index (χ1n) is 7.04. The van der Waals surface area contributed by atoms with Crippen molar-refractivity contribution in [3.05, 3.63) is 59.9 Å². The van der Waals surface area contributed by atoms with Gasteiger partial charge in [0.05, 0.1) is 17.9 Å². The first kappa shape index (κ1) is 16.5. The maximum atomic E-state index is 13.4. The van der Waals surface area contributed by atoms with Crippen LogP contribution in [0.3, 0.4) is 0 Å². The highest BCUT2D eigenvalue weighted by molar-refractivity contribution is 5.92. The Bertz CT molecular complexity index is 685. The zero-order chi connectivity index (χ0) is 16.7. The van der Waals surface area contributed by atoms with Crippen molar-refractivity contribution in [2.24, 2.45) is 0 Å². The summed E-state index contributed by atoms with van der Waals surface area (Å²) in [6, 6.07) is 12.1. The van der Waals surface area contributed by atoms with Crippen molar-refractivity contribution in [3.63, 3.8) is 0 Å². The minimum absolute atomic E-state index is 0.0961. The average Bonchev–Trinajstić information content (AvgIpc) is 2.56. The van der Waals surface area contributed by atoms with Gasteiger partial charge >= 0.3 is 5.97 Å². The van der Waals surface area contributed by atoms with Gasteiger partial charge in [-0.1, -0.05) is 12.1 Å². The number of carbonyl (C=O) groups excluding carboxylic acids is 2. The van der Waals surface area contributed by atoms with Crippen LogP contribution < -0.4 is 10.1 Å². The molecule has 0 atom stereocenters. The Kier molecular flexibility index (Phi) is 5.68. The molecule has 1 N–H and O–H groups in total. The van der Waals surface area contributed by atoms with Gasteiger partial charge in [0.25, 0.3) is 5.91 Å². The fraction of sp³-hybridized carbons (Fsp3) is 0.176. The van der Waals surface area contributed by atoms with Gasteiger partial charge < -0.3 is 14.8 Å². The Hall–Kier alpha value is -2.89. The van der Waals surface area contributed by atoms with Crippen molar-refractivity contribution < 1.29 is 23.5 Å². The van der Waals surface area contributed by atoms with Gasteiger partial charge in [0.15, 0.2) is 6.61 Å². The molecule has 0 aliphatic rings. The van der Waals surface area contributed by atoms with Crippen LogP contribution in [0.5, 0.6) is 5.75 Å². The molecule has 0 spiro atoms. The Balaban J connectivity index is 1.87. The summed E-state index contributed by atoms with van der Waals surface area (Å²) < 4.78 is 23.5. The summed E-state index contributed by atoms with van der Waals surface area (Å²) >= 11 is 0. The summed E-state index contributed by atoms with van der Waals surface area (Å²) in [6.07, 6.45) is 0. The zero-order valence-electron chi connectivity index (χ0n) is 12.5. The molecule has 5 nitrogen and oxygen atoms in total. The molecule has 0 fully saturated rings. The van der Waals surface area contributed by atoms with E-state index in [1.54, 1.807) is 37.3 Å². The smallest absolute Gasteiger partial charge is 0.338 e. The molecule has 6 heteroatoms. The SMILES string of the molecule is CCOC(=O)c1ccc(OCC(=O)Nc2ccccc2F)cc1. The second-order valence-corrected chi connectivity index (χ2v) is 4.56. The lowest BCUT2D eigenvalue weighted by molar-refractivity contribution is -0.118. The number of hydrogen-bond acceptors (Lipinski definition) is 4. The highest BCUT2D eigenvalue weighted by Crippen LogP contribution is 2.14. The lowest BCUT2D eigenvalue weighted by Gasteiger charge is -2.08. The number of anilines is 1. The van der Waals surface area contributed by atoms with E-state index in [9.17, 15) is 14.0 Å². The second-order valence-electron chi connectivity index (χ2n) is 4.56. The predicted octanol–water partition coefficient (Wildman–Crippen LogP) is 3.02. The number of esters is 1. The zero-order valence-corrected chi connectivity index (χ0v) is 12.5. The van der Waals surface area contributed by atoms with Crippen LogP contribution in [-0.2, 0) is 9.53 Å². The number of carbonyl (C=O) groups is 2. The number of nitrogens with one attached hydrogen (secondary N) is 1. The number of halogens is 1. The molecule has 0 unspecified atom stereocenters. The number of ether oxygens (including phenoxy) is 2. The maximum absolute atomic E-state index is 13.4. The van der Waals surface area contributed by atoms with Crippen molar-refractivity contribution in [1.82, 2.24) is 0 Å². The number of hydrogen-bond donors (Lipinski definition) is 1. The Morgan fingerprint density at radius 3 is 2.43 bits per heavy atom. The monoisotopic (exact) mass is 317 g/mol. The maximum Gasteiger partial charge on any atom is 0.338 e. The minimum Gasteiger partial charge on any atom is -0.484 e. The molecular formula is C17H16FNO4. The van der Waals surface area contributed by atoms with Gasteiger partial charge in [-0.15, -0.1) is 0 Å². The van der Waals surface area contributed by atoms with Crippen molar-refractivity contribution in [1.29, 1.82) is 0 Å². The van der Waals surface area contributed by atoms with E-state index in [0.717, 1.165) is 0 Å². The van der Waals surface area contributed by atoms with E-state index in [-0.39, 0.29) is 12.3 Å². The van der Waals surface area contributed by atoms with E-state index in [2.05, 4.69) is 5.32 Å². The Labute approximate surface area is 133 Å². The molecule has 120 valence electrons. The molecule has 0 radical (unpaired) electrons. The predicted molar refractivity (Wildman–Crippen MR) is 82.9 cm³/mol. The highest BCUT2D eigenvalue weighted by Gasteiger charge is 2.09. The van der Waals surface area contributed by atoms with E-state index < -0.39 is 17.7 Å². The van der Waals surface area contributed by atoms with Crippen LogP contribution in [0.4, 0.5) is 10.1 Å². The fourth-order valence-electron chi connectivity index (χ4n) is 1.80. The van der Waals surface area contributed by atoms with Crippen molar-refractivity contribution >= 4 is 17.6 Å². The average molecular weight is 317 g/mol. The molecule has 2 aromatic rings. The van der Waals surface area contributed by atoms with Crippen molar-refractivity contribution in [2.45, 2.75) is 6.92 Å². The van der Waals surface area contributed by atoms with E-state index in [0.29, 0.717) is 17.9 Å². The second kappa shape index (κ2) is 7.93. The van der Waals surface area contributed by atoms with Gasteiger partial charge in [-0.2, -0.15) is 0 Å². The van der Waals surface area contributed by atoms with Gasteiger partial charge in [0, 0.05) is 0 Å². The summed E-state index contributed by atoms with van der Waals surface area (Å²) in [5.74, 6) is -0.998. The molecule has 0 heterocycles. The molecule has 0 bridgehead atoms. The summed E-state index contributed by atoms with van der Waals surface area (Å²) in [5, 5.41) is 2.41. The van der Waals surface area contributed by atoms with Crippen LogP contribution in [0.1, 0.15) is 17.3 Å². The molecule has 23 heavy (non-hydrogen) atoms. The molecule has 1 amide bonds. The van der Waals surface area contributed by atoms with Crippen LogP contribution in [0.2, 0.25) is 0 Å². The fourth-order valence-corrected chi connectivity index (χ4v) is 1.80. The Morgan fingerprint density at radius 1 is 1.09 bits per heavy atom. The van der Waals surface area contributed by atoms with Crippen LogP contribution in [-0.4, -0.2) is 25.1 Å². The first-order chi connectivity index (χ1) is 11.1. The summed E-state index contributed by atoms with van der Waals surface area (Å²) in [5.41, 5.74) is 0.494. The van der Waals surface area contributed by atoms with E-state index in [1.165, 1.54) is 18.2 Å². The van der Waals surface area contributed by atoms with Crippen molar-refractivity contribution in [2.75, 3.05) is 18.5 Å². The summed E-state index contributed by atoms with van der Waals surface area (Å²) in [6.45, 7) is 1.75. The minimum atomic E-state index is -0.514. The number of amides is 1. The number of rotatable bonds is 6. The third-order valence-corrected chi connectivity index (χ3v) is 2.88. The summed E-state index contributed by atoms with van der Waals surface area (Å²) in [7, 11) is 0. The quantitative estimate of drug-likeness (QED) is 0.832. The number of para-hydroxylation sites is 1.